The number of ether oxygens (including phenoxy) is 3. The molecule has 1 aliphatic rings. The number of esters is 4. The third-order valence-corrected chi connectivity index (χ3v) is 1.87. The largest absolute Gasteiger partial charge is 0.490 e. The van der Waals surface area contributed by atoms with Gasteiger partial charge in [-0.3, -0.25) is 0 Å². The Balaban J connectivity index is 2.90. The first-order valence-corrected chi connectivity index (χ1v) is 4.65. The number of carbonyl (C=O) groups excluding carboxylic acids is 4. The molecule has 1 fully saturated rings. The van der Waals surface area contributed by atoms with Crippen LogP contribution in [0.2, 0.25) is 0 Å². The highest BCUT2D eigenvalue weighted by Gasteiger charge is 2.55. The van der Waals surface area contributed by atoms with Crippen molar-refractivity contribution in [2.24, 2.45) is 0 Å². The highest BCUT2D eigenvalue weighted by atomic mass is 19.4. The van der Waals surface area contributed by atoms with Crippen LogP contribution in [-0.4, -0.2) is 48.4 Å². The van der Waals surface area contributed by atoms with Crippen molar-refractivity contribution in [3.8, 4) is 0 Å². The molecule has 0 N–H and O–H groups in total. The predicted octanol–water partition coefficient (Wildman–Crippen LogP) is 0.0180. The number of cyclic esters (lactones) is 2. The molecule has 1 aliphatic heterocycles. The van der Waals surface area contributed by atoms with Gasteiger partial charge >= 0.3 is 36.2 Å². The van der Waals surface area contributed by atoms with Crippen molar-refractivity contribution in [1.82, 2.24) is 0 Å². The quantitative estimate of drug-likeness (QED) is 0.306. The number of alkyl halides is 6. The maximum atomic E-state index is 11.9. The van der Waals surface area contributed by atoms with E-state index in [1.165, 1.54) is 0 Å². The highest BCUT2D eigenvalue weighted by Crippen LogP contribution is 2.25. The minimum Gasteiger partial charge on any atom is -0.439 e. The standard InChI is InChI=1S/C8H2F6O7/c9-7(10,11)5(17)19-1-2(4(16)21-3(1)15)20-6(18)8(12,13)14/h1-2H/t1-,2-/m1/s1. The third kappa shape index (κ3) is 3.82. The molecule has 1 saturated heterocycles. The minimum absolute atomic E-state index is 1.91. The Morgan fingerprint density at radius 3 is 1.33 bits per heavy atom. The molecular formula is C8H2F6O7. The first-order chi connectivity index (χ1) is 9.34. The molecule has 7 nitrogen and oxygen atoms in total. The van der Waals surface area contributed by atoms with Gasteiger partial charge in [-0.1, -0.05) is 0 Å². The fourth-order valence-corrected chi connectivity index (χ4v) is 1.05. The van der Waals surface area contributed by atoms with Crippen molar-refractivity contribution in [3.63, 3.8) is 0 Å². The van der Waals surface area contributed by atoms with Gasteiger partial charge in [0.15, 0.2) is 0 Å². The summed E-state index contributed by atoms with van der Waals surface area (Å²) in [4.78, 5) is 42.8. The van der Waals surface area contributed by atoms with E-state index in [0.717, 1.165) is 0 Å². The van der Waals surface area contributed by atoms with E-state index in [4.69, 9.17) is 0 Å². The average molecular weight is 324 g/mol. The van der Waals surface area contributed by atoms with Gasteiger partial charge in [0.05, 0.1) is 0 Å². The molecule has 1 heterocycles. The molecule has 0 spiro atoms. The van der Waals surface area contributed by atoms with Crippen molar-refractivity contribution >= 4 is 23.9 Å². The lowest BCUT2D eigenvalue weighted by atomic mass is 10.2. The average Bonchev–Trinajstić information content (AvgIpc) is 2.53. The summed E-state index contributed by atoms with van der Waals surface area (Å²) in [5.41, 5.74) is 0. The van der Waals surface area contributed by atoms with Gasteiger partial charge in [-0.25, -0.2) is 19.2 Å². The summed E-state index contributed by atoms with van der Waals surface area (Å²) in [6.45, 7) is 0. The van der Waals surface area contributed by atoms with Crippen molar-refractivity contribution in [2.45, 2.75) is 24.6 Å². The second-order valence-corrected chi connectivity index (χ2v) is 3.39. The maximum absolute atomic E-state index is 11.9. The first kappa shape index (κ1) is 16.7. The zero-order valence-corrected chi connectivity index (χ0v) is 9.28. The summed E-state index contributed by atoms with van der Waals surface area (Å²) < 4.78 is 82.0. The van der Waals surface area contributed by atoms with E-state index >= 15 is 0 Å². The smallest absolute Gasteiger partial charge is 0.439 e. The molecule has 0 bridgehead atoms. The molecule has 13 heteroatoms. The van der Waals surface area contributed by atoms with Crippen LogP contribution < -0.4 is 0 Å². The zero-order valence-electron chi connectivity index (χ0n) is 9.28. The lowest BCUT2D eigenvalue weighted by Crippen LogP contribution is -2.42. The Hall–Kier alpha value is -2.34. The molecule has 118 valence electrons. The van der Waals surface area contributed by atoms with Crippen LogP contribution in [-0.2, 0) is 33.4 Å². The van der Waals surface area contributed by atoms with Crippen LogP contribution in [0.25, 0.3) is 0 Å². The summed E-state index contributed by atoms with van der Waals surface area (Å²) in [6.07, 6.45) is -16.7. The van der Waals surface area contributed by atoms with Crippen LogP contribution >= 0.6 is 0 Å². The highest BCUT2D eigenvalue weighted by molar-refractivity contribution is 6.01. The van der Waals surface area contributed by atoms with E-state index in [-0.39, 0.29) is 0 Å². The van der Waals surface area contributed by atoms with E-state index in [2.05, 4.69) is 14.2 Å². The van der Waals surface area contributed by atoms with Crippen LogP contribution in [0, 0.1) is 0 Å². The van der Waals surface area contributed by atoms with Crippen LogP contribution in [0.3, 0.4) is 0 Å². The third-order valence-electron chi connectivity index (χ3n) is 1.87. The van der Waals surface area contributed by atoms with E-state index in [1.54, 1.807) is 0 Å². The molecule has 0 unspecified atom stereocenters. The molecule has 0 aromatic rings. The Bertz CT molecular complexity index is 448. The normalized spacial score (nSPS) is 22.8. The van der Waals surface area contributed by atoms with Crippen LogP contribution in [0.4, 0.5) is 26.3 Å². The summed E-state index contributed by atoms with van der Waals surface area (Å²) in [7, 11) is 0. The van der Waals surface area contributed by atoms with Crippen LogP contribution in [0.15, 0.2) is 0 Å². The van der Waals surface area contributed by atoms with E-state index in [1.807, 2.05) is 0 Å². The minimum atomic E-state index is -5.59. The van der Waals surface area contributed by atoms with Gasteiger partial charge in [-0.05, 0) is 0 Å². The van der Waals surface area contributed by atoms with E-state index in [0.29, 0.717) is 0 Å². The number of halogens is 6. The molecule has 0 saturated carbocycles. The summed E-state index contributed by atoms with van der Waals surface area (Å²) >= 11 is 0. The zero-order chi connectivity index (χ0) is 16.6. The van der Waals surface area contributed by atoms with Crippen molar-refractivity contribution in [2.75, 3.05) is 0 Å². The molecule has 0 radical (unpaired) electrons. The summed E-state index contributed by atoms with van der Waals surface area (Å²) in [5, 5.41) is 0. The maximum Gasteiger partial charge on any atom is 0.490 e. The number of carbonyl (C=O) groups is 4. The number of hydrogen-bond donors (Lipinski definition) is 0. The van der Waals surface area contributed by atoms with Crippen LogP contribution in [0.5, 0.6) is 0 Å². The van der Waals surface area contributed by atoms with Gasteiger partial charge in [-0.15, -0.1) is 0 Å². The van der Waals surface area contributed by atoms with Crippen molar-refractivity contribution in [1.29, 1.82) is 0 Å². The molecule has 1 rings (SSSR count). The SMILES string of the molecule is O=C1OC(=O)[C@H](OC(=O)C(F)(F)F)[C@H]1OC(=O)C(F)(F)F. The molecule has 2 atom stereocenters. The molecule has 21 heavy (non-hydrogen) atoms. The van der Waals surface area contributed by atoms with Gasteiger partial charge in [0.25, 0.3) is 0 Å². The number of hydrogen-bond acceptors (Lipinski definition) is 7. The Morgan fingerprint density at radius 1 is 0.810 bits per heavy atom. The summed E-state index contributed by atoms with van der Waals surface area (Å²) in [5.74, 6) is -9.77. The fourth-order valence-electron chi connectivity index (χ4n) is 1.05. The monoisotopic (exact) mass is 324 g/mol. The van der Waals surface area contributed by atoms with Crippen molar-refractivity contribution < 1.29 is 59.7 Å². The van der Waals surface area contributed by atoms with Gasteiger partial charge in [-0.2, -0.15) is 26.3 Å². The van der Waals surface area contributed by atoms with E-state index in [9.17, 15) is 45.5 Å². The second kappa shape index (κ2) is 5.21. The lowest BCUT2D eigenvalue weighted by molar-refractivity contribution is -0.217. The molecule has 0 aromatic heterocycles. The van der Waals surface area contributed by atoms with Crippen LogP contribution in [0.1, 0.15) is 0 Å². The fraction of sp³-hybridized carbons (Fsp3) is 0.500. The summed E-state index contributed by atoms with van der Waals surface area (Å²) in [6, 6.07) is 0. The van der Waals surface area contributed by atoms with Gasteiger partial charge in [0.1, 0.15) is 0 Å². The second-order valence-electron chi connectivity index (χ2n) is 3.39. The molecule has 0 aliphatic carbocycles. The van der Waals surface area contributed by atoms with Gasteiger partial charge in [0, 0.05) is 0 Å². The molecule has 0 amide bonds. The van der Waals surface area contributed by atoms with Gasteiger partial charge < -0.3 is 14.2 Å². The Morgan fingerprint density at radius 2 is 1.10 bits per heavy atom. The Kier molecular flexibility index (Phi) is 4.15. The first-order valence-electron chi connectivity index (χ1n) is 4.65. The van der Waals surface area contributed by atoms with Gasteiger partial charge in [0.2, 0.25) is 12.2 Å². The molecular weight excluding hydrogens is 322 g/mol. The molecule has 0 aromatic carbocycles. The van der Waals surface area contributed by atoms with Crippen molar-refractivity contribution in [3.05, 3.63) is 0 Å². The van der Waals surface area contributed by atoms with E-state index < -0.39 is 48.4 Å². The topological polar surface area (TPSA) is 96.0 Å². The number of rotatable bonds is 2. The predicted molar refractivity (Wildman–Crippen MR) is 43.0 cm³/mol. The lowest BCUT2D eigenvalue weighted by Gasteiger charge is -2.16. The Labute approximate surface area is 109 Å².